The second-order valence-electron chi connectivity index (χ2n) is 24.4. The van der Waals surface area contributed by atoms with Gasteiger partial charge in [-0.25, -0.2) is 24.9 Å². The first kappa shape index (κ1) is 53.2. The van der Waals surface area contributed by atoms with Gasteiger partial charge in [0.15, 0.2) is 17.5 Å². The van der Waals surface area contributed by atoms with Crippen LogP contribution in [0.1, 0.15) is 50.1 Å². The predicted octanol–water partition coefficient (Wildman–Crippen LogP) is 20.3. The molecule has 2 aliphatic carbocycles. The molecule has 19 rings (SSSR count). The average molecular weight is 1200 g/mol. The minimum absolute atomic E-state index is 0.508. The minimum Gasteiger partial charge on any atom is -0.457 e. The monoisotopic (exact) mass is 1200 g/mol. The van der Waals surface area contributed by atoms with E-state index in [-0.39, 0.29) is 0 Å². The lowest BCUT2D eigenvalue weighted by Gasteiger charge is -2.39. The maximum Gasteiger partial charge on any atom is 0.164 e. The maximum absolute atomic E-state index is 9.74. The summed E-state index contributed by atoms with van der Waals surface area (Å²) in [6.07, 6.45) is 0. The fraction of sp³-hybridized carbons (Fsp3) is 0.0233. The van der Waals surface area contributed by atoms with Crippen molar-refractivity contribution in [1.82, 2.24) is 24.9 Å². The zero-order valence-corrected chi connectivity index (χ0v) is 50.4. The molecule has 4 heterocycles. The lowest BCUT2D eigenvalue weighted by Crippen LogP contribution is -2.32. The molecule has 436 valence electrons. The molecule has 0 radical (unpaired) electrons. The van der Waals surface area contributed by atoms with E-state index in [1.54, 1.807) is 0 Å². The van der Waals surface area contributed by atoms with Gasteiger partial charge in [0.25, 0.3) is 0 Å². The third-order valence-corrected chi connectivity index (χ3v) is 19.5. The van der Waals surface area contributed by atoms with Crippen molar-refractivity contribution < 1.29 is 9.47 Å². The minimum atomic E-state index is -0.708. The first-order chi connectivity index (χ1) is 46.5. The molecular formula is C86H50N6O2. The molecule has 0 N–H and O–H groups in total. The molecule has 1 unspecified atom stereocenters. The van der Waals surface area contributed by atoms with Crippen molar-refractivity contribution in [1.29, 1.82) is 5.26 Å². The molecule has 8 nitrogen and oxygen atoms in total. The van der Waals surface area contributed by atoms with Gasteiger partial charge in [-0.2, -0.15) is 5.26 Å². The van der Waals surface area contributed by atoms with E-state index in [4.69, 9.17) is 34.4 Å². The Hall–Kier alpha value is -12.7. The van der Waals surface area contributed by atoms with Crippen LogP contribution in [-0.4, -0.2) is 24.9 Å². The maximum atomic E-state index is 9.74. The molecular weight excluding hydrogens is 1150 g/mol. The lowest BCUT2D eigenvalue weighted by atomic mass is 9.66. The molecule has 0 fully saturated rings. The summed E-state index contributed by atoms with van der Waals surface area (Å²) in [6, 6.07) is 108. The number of aromatic nitrogens is 5. The van der Waals surface area contributed by atoms with Gasteiger partial charge in [0.1, 0.15) is 23.0 Å². The molecule has 1 atom stereocenters. The normalized spacial score (nSPS) is 14.5. The van der Waals surface area contributed by atoms with E-state index in [9.17, 15) is 5.26 Å². The van der Waals surface area contributed by atoms with Crippen LogP contribution in [0.25, 0.3) is 112 Å². The molecule has 0 amide bonds. The standard InChI is InChI=1S/C86H50N6O2/c87-51-52-18-16-21-56(46-52)53-36-38-55(39-37-53)82-90-83(92-84(91-82)61-42-45-73-79(50-61)94-76-34-14-10-30-70(76)85(73)66-27-7-4-24-62(66)63-25-5-8-28-67(63)85)60-23-17-22-57(47-60)58-40-43-69-65(48-58)64-26-6-9-29-68(64)86(69)71-31-11-15-35-77(71)93-78-49-59(41-44-72(78)86)81-80(54-19-2-1-3-20-54)88-74-32-12-13-33-75(74)89-81/h1-50H. The zero-order chi connectivity index (χ0) is 62.1. The van der Waals surface area contributed by atoms with Crippen LogP contribution in [0.15, 0.2) is 303 Å². The lowest BCUT2D eigenvalue weighted by molar-refractivity contribution is 0.436. The van der Waals surface area contributed by atoms with Gasteiger partial charge in [0, 0.05) is 50.1 Å². The van der Waals surface area contributed by atoms with Crippen LogP contribution in [0, 0.1) is 11.3 Å². The van der Waals surface area contributed by atoms with Gasteiger partial charge >= 0.3 is 0 Å². The number of nitrogens with zero attached hydrogens (tertiary/aromatic N) is 6. The molecule has 0 bridgehead atoms. The molecule has 2 spiro atoms. The summed E-state index contributed by atoms with van der Waals surface area (Å²) in [6.45, 7) is 0. The molecule has 0 saturated heterocycles. The van der Waals surface area contributed by atoms with E-state index < -0.39 is 10.8 Å². The van der Waals surface area contributed by atoms with Crippen LogP contribution >= 0.6 is 0 Å². The first-order valence-electron chi connectivity index (χ1n) is 31.6. The topological polar surface area (TPSA) is 107 Å². The number of rotatable bonds is 7. The van der Waals surface area contributed by atoms with E-state index in [2.05, 4.69) is 224 Å². The molecule has 94 heavy (non-hydrogen) atoms. The van der Waals surface area contributed by atoms with Gasteiger partial charge in [0.05, 0.1) is 44.9 Å². The second kappa shape index (κ2) is 20.7. The average Bonchev–Trinajstić information content (AvgIpc) is 1.45. The fourth-order valence-electron chi connectivity index (χ4n) is 15.4. The summed E-state index contributed by atoms with van der Waals surface area (Å²) in [4.78, 5) is 26.5. The van der Waals surface area contributed by atoms with Gasteiger partial charge in [-0.1, -0.05) is 243 Å². The summed E-state index contributed by atoms with van der Waals surface area (Å²) in [5, 5.41) is 9.74. The highest BCUT2D eigenvalue weighted by atomic mass is 16.5. The smallest absolute Gasteiger partial charge is 0.164 e. The zero-order valence-electron chi connectivity index (χ0n) is 50.4. The van der Waals surface area contributed by atoms with Gasteiger partial charge in [-0.05, 0) is 127 Å². The Bertz CT molecular complexity index is 5690. The van der Waals surface area contributed by atoms with Crippen molar-refractivity contribution in [2.75, 3.05) is 0 Å². The van der Waals surface area contributed by atoms with E-state index in [1.807, 2.05) is 84.9 Å². The summed E-state index contributed by atoms with van der Waals surface area (Å²) in [7, 11) is 0. The Labute approximate surface area is 542 Å². The van der Waals surface area contributed by atoms with Crippen molar-refractivity contribution in [3.8, 4) is 130 Å². The van der Waals surface area contributed by atoms with Gasteiger partial charge in [-0.15, -0.1) is 0 Å². The van der Waals surface area contributed by atoms with Crippen LogP contribution in [0.2, 0.25) is 0 Å². The van der Waals surface area contributed by atoms with Crippen molar-refractivity contribution in [3.05, 3.63) is 353 Å². The van der Waals surface area contributed by atoms with Crippen molar-refractivity contribution >= 4 is 11.0 Å². The molecule has 8 heteroatoms. The number of para-hydroxylation sites is 4. The van der Waals surface area contributed by atoms with Crippen molar-refractivity contribution in [3.63, 3.8) is 0 Å². The van der Waals surface area contributed by atoms with Crippen molar-refractivity contribution in [2.24, 2.45) is 0 Å². The predicted molar refractivity (Wildman–Crippen MR) is 370 cm³/mol. The largest absolute Gasteiger partial charge is 0.457 e. The summed E-state index contributed by atoms with van der Waals surface area (Å²) in [5.41, 5.74) is 24.7. The Morgan fingerprint density at radius 1 is 0.245 bits per heavy atom. The summed E-state index contributed by atoms with van der Waals surface area (Å²) >= 11 is 0. The van der Waals surface area contributed by atoms with E-state index in [0.29, 0.717) is 23.0 Å². The Morgan fingerprint density at radius 2 is 0.628 bits per heavy atom. The quantitative estimate of drug-likeness (QED) is 0.155. The highest BCUT2D eigenvalue weighted by Crippen LogP contribution is 2.64. The second-order valence-corrected chi connectivity index (χ2v) is 24.4. The molecule has 4 aliphatic rings. The number of benzene rings is 13. The van der Waals surface area contributed by atoms with Crippen molar-refractivity contribution in [2.45, 2.75) is 10.8 Å². The highest BCUT2D eigenvalue weighted by molar-refractivity contribution is 5.94. The fourth-order valence-corrected chi connectivity index (χ4v) is 15.4. The molecule has 2 aliphatic heterocycles. The third-order valence-electron chi connectivity index (χ3n) is 19.5. The van der Waals surface area contributed by atoms with E-state index >= 15 is 0 Å². The highest BCUT2D eigenvalue weighted by Gasteiger charge is 2.53. The Kier molecular flexibility index (Phi) is 11.7. The molecule has 0 saturated carbocycles. The van der Waals surface area contributed by atoms with Gasteiger partial charge in [-0.3, -0.25) is 0 Å². The number of fused-ring (bicyclic) bond motifs is 19. The molecule has 15 aromatic rings. The van der Waals surface area contributed by atoms with Crippen LogP contribution in [-0.2, 0) is 10.8 Å². The van der Waals surface area contributed by atoms with Crippen LogP contribution in [0.5, 0.6) is 23.0 Å². The SMILES string of the molecule is N#Cc1cccc(-c2ccc(-c3nc(-c4cccc(-c5ccc6c(c5)-c5ccccc5C65c6ccccc6Oc6cc(-c7nc8ccccc8nc7-c7ccccc7)ccc65)c4)nc(-c4ccc5c(c4)Oc4ccccc4C54c5ccccc5-c5ccccc54)n3)cc2)c1. The number of hydrogen-bond acceptors (Lipinski definition) is 8. The summed E-state index contributed by atoms with van der Waals surface area (Å²) in [5.74, 6) is 4.67. The Balaban J connectivity index is 0.742. The number of hydrogen-bond donors (Lipinski definition) is 0. The Morgan fingerprint density at radius 3 is 1.23 bits per heavy atom. The summed E-state index contributed by atoms with van der Waals surface area (Å²) < 4.78 is 14.0. The molecule has 13 aromatic carbocycles. The van der Waals surface area contributed by atoms with Crippen LogP contribution < -0.4 is 9.47 Å². The van der Waals surface area contributed by atoms with Gasteiger partial charge in [0.2, 0.25) is 0 Å². The van der Waals surface area contributed by atoms with E-state index in [1.165, 1.54) is 33.4 Å². The number of ether oxygens (including phenoxy) is 2. The number of nitriles is 1. The first-order valence-corrected chi connectivity index (χ1v) is 31.6. The molecule has 2 aromatic heterocycles. The third kappa shape index (κ3) is 7.89. The van der Waals surface area contributed by atoms with Crippen LogP contribution in [0.3, 0.4) is 0 Å². The van der Waals surface area contributed by atoms with Gasteiger partial charge < -0.3 is 9.47 Å². The van der Waals surface area contributed by atoms with E-state index in [0.717, 1.165) is 129 Å². The van der Waals surface area contributed by atoms with Crippen LogP contribution in [0.4, 0.5) is 0 Å².